The SMILES string of the molecule is COC(=O)c1ccn2c(C)c(-c3c(Br)c4ccccc4n3CC3CC3)nc2c1. The summed E-state index contributed by atoms with van der Waals surface area (Å²) < 4.78 is 10.3. The van der Waals surface area contributed by atoms with Crippen molar-refractivity contribution in [1.82, 2.24) is 14.0 Å². The summed E-state index contributed by atoms with van der Waals surface area (Å²) in [6.07, 6.45) is 4.46. The lowest BCUT2D eigenvalue weighted by atomic mass is 10.2. The van der Waals surface area contributed by atoms with Gasteiger partial charge in [0.2, 0.25) is 0 Å². The Bertz CT molecular complexity index is 1230. The van der Waals surface area contributed by atoms with E-state index in [-0.39, 0.29) is 5.97 Å². The first-order valence-corrected chi connectivity index (χ1v) is 10.2. The molecule has 1 aliphatic carbocycles. The molecule has 0 atom stereocenters. The summed E-state index contributed by atoms with van der Waals surface area (Å²) in [4.78, 5) is 16.8. The minimum Gasteiger partial charge on any atom is -0.465 e. The quantitative estimate of drug-likeness (QED) is 0.411. The molecule has 5 rings (SSSR count). The van der Waals surface area contributed by atoms with E-state index in [4.69, 9.17) is 9.72 Å². The van der Waals surface area contributed by atoms with Crippen molar-refractivity contribution < 1.29 is 9.53 Å². The number of para-hydroxylation sites is 1. The van der Waals surface area contributed by atoms with Crippen LogP contribution in [-0.2, 0) is 11.3 Å². The number of fused-ring (bicyclic) bond motifs is 2. The van der Waals surface area contributed by atoms with Crippen molar-refractivity contribution in [2.24, 2.45) is 5.92 Å². The lowest BCUT2D eigenvalue weighted by molar-refractivity contribution is 0.0600. The molecule has 0 spiro atoms. The van der Waals surface area contributed by atoms with Crippen LogP contribution in [0.1, 0.15) is 28.9 Å². The minimum atomic E-state index is -0.353. The smallest absolute Gasteiger partial charge is 0.338 e. The number of carbonyl (C=O) groups is 1. The highest BCUT2D eigenvalue weighted by Crippen LogP contribution is 2.41. The Balaban J connectivity index is 1.75. The van der Waals surface area contributed by atoms with Gasteiger partial charge in [0.25, 0.3) is 0 Å². The van der Waals surface area contributed by atoms with Gasteiger partial charge in [0.15, 0.2) is 0 Å². The van der Waals surface area contributed by atoms with Gasteiger partial charge in [-0.2, -0.15) is 0 Å². The molecule has 0 amide bonds. The van der Waals surface area contributed by atoms with E-state index in [1.165, 1.54) is 30.9 Å². The highest BCUT2D eigenvalue weighted by atomic mass is 79.9. The van der Waals surface area contributed by atoms with Crippen molar-refractivity contribution in [1.29, 1.82) is 0 Å². The summed E-state index contributed by atoms with van der Waals surface area (Å²) >= 11 is 3.85. The van der Waals surface area contributed by atoms with Crippen LogP contribution >= 0.6 is 15.9 Å². The molecular formula is C22H20BrN3O2. The largest absolute Gasteiger partial charge is 0.465 e. The highest BCUT2D eigenvalue weighted by molar-refractivity contribution is 9.10. The third kappa shape index (κ3) is 2.66. The molecule has 1 fully saturated rings. The van der Waals surface area contributed by atoms with Crippen LogP contribution in [0.5, 0.6) is 0 Å². The first-order chi connectivity index (χ1) is 13.6. The lowest BCUT2D eigenvalue weighted by Gasteiger charge is -2.10. The van der Waals surface area contributed by atoms with E-state index in [1.807, 2.05) is 10.6 Å². The van der Waals surface area contributed by atoms with Crippen LogP contribution < -0.4 is 0 Å². The molecular weight excluding hydrogens is 418 g/mol. The Kier molecular flexibility index (Phi) is 4.05. The summed E-state index contributed by atoms with van der Waals surface area (Å²) in [5, 5.41) is 1.20. The third-order valence-corrected chi connectivity index (χ3v) is 6.36. The van der Waals surface area contributed by atoms with Crippen molar-refractivity contribution >= 4 is 38.4 Å². The van der Waals surface area contributed by atoms with Crippen molar-refractivity contribution in [3.8, 4) is 11.4 Å². The van der Waals surface area contributed by atoms with Gasteiger partial charge in [0.1, 0.15) is 11.3 Å². The summed E-state index contributed by atoms with van der Waals surface area (Å²) in [7, 11) is 1.39. The van der Waals surface area contributed by atoms with Gasteiger partial charge in [-0.1, -0.05) is 18.2 Å². The molecule has 3 aromatic heterocycles. The number of hydrogen-bond donors (Lipinski definition) is 0. The monoisotopic (exact) mass is 437 g/mol. The molecule has 0 saturated heterocycles. The van der Waals surface area contributed by atoms with Gasteiger partial charge < -0.3 is 13.7 Å². The fraction of sp³-hybridized carbons (Fsp3) is 0.273. The van der Waals surface area contributed by atoms with Crippen LogP contribution in [0.25, 0.3) is 27.9 Å². The van der Waals surface area contributed by atoms with Gasteiger partial charge in [-0.05, 0) is 59.8 Å². The maximum atomic E-state index is 11.9. The molecule has 1 aliphatic rings. The second-order valence-electron chi connectivity index (χ2n) is 7.41. The summed E-state index contributed by atoms with van der Waals surface area (Å²) in [5.74, 6) is 0.387. The highest BCUT2D eigenvalue weighted by Gasteiger charge is 2.27. The van der Waals surface area contributed by atoms with Crippen LogP contribution in [0.3, 0.4) is 0 Å². The lowest BCUT2D eigenvalue weighted by Crippen LogP contribution is -2.03. The zero-order chi connectivity index (χ0) is 19.4. The molecule has 1 saturated carbocycles. The maximum Gasteiger partial charge on any atom is 0.338 e. The van der Waals surface area contributed by atoms with Crippen LogP contribution in [0.2, 0.25) is 0 Å². The number of aryl methyl sites for hydroxylation is 1. The fourth-order valence-corrected chi connectivity index (χ4v) is 4.61. The van der Waals surface area contributed by atoms with Crippen LogP contribution in [0.4, 0.5) is 0 Å². The first kappa shape index (κ1) is 17.5. The van der Waals surface area contributed by atoms with Gasteiger partial charge in [-0.3, -0.25) is 0 Å². The Hall–Kier alpha value is -2.60. The molecule has 4 aromatic rings. The van der Waals surface area contributed by atoms with E-state index in [0.717, 1.165) is 39.7 Å². The molecule has 0 N–H and O–H groups in total. The standard InChI is InChI=1S/C22H20BrN3O2/c1-13-20(24-18-11-15(22(27)28-2)9-10-25(13)18)21-19(23)16-5-3-4-6-17(16)26(21)12-14-7-8-14/h3-6,9-11,14H,7-8,12H2,1-2H3. The number of rotatable bonds is 4. The molecule has 28 heavy (non-hydrogen) atoms. The van der Waals surface area contributed by atoms with Gasteiger partial charge in [-0.25, -0.2) is 9.78 Å². The topological polar surface area (TPSA) is 48.5 Å². The molecule has 6 heteroatoms. The third-order valence-electron chi connectivity index (χ3n) is 5.56. The van der Waals surface area contributed by atoms with Crippen molar-refractivity contribution in [3.63, 3.8) is 0 Å². The normalized spacial score (nSPS) is 14.1. The zero-order valence-electron chi connectivity index (χ0n) is 15.8. The number of benzene rings is 1. The zero-order valence-corrected chi connectivity index (χ0v) is 17.4. The summed E-state index contributed by atoms with van der Waals surface area (Å²) in [5.41, 5.74) is 5.56. The van der Waals surface area contributed by atoms with Crippen LogP contribution in [0, 0.1) is 12.8 Å². The number of methoxy groups -OCH3 is 1. The second-order valence-corrected chi connectivity index (χ2v) is 8.21. The number of pyridine rings is 1. The van der Waals surface area contributed by atoms with Crippen LogP contribution in [0.15, 0.2) is 47.1 Å². The predicted molar refractivity (Wildman–Crippen MR) is 113 cm³/mol. The van der Waals surface area contributed by atoms with E-state index in [0.29, 0.717) is 5.56 Å². The molecule has 0 unspecified atom stereocenters. The number of halogens is 1. The molecule has 3 heterocycles. The second kappa shape index (κ2) is 6.48. The van der Waals surface area contributed by atoms with E-state index >= 15 is 0 Å². The Morgan fingerprint density at radius 3 is 2.82 bits per heavy atom. The number of carbonyl (C=O) groups excluding carboxylic acids is 1. The summed E-state index contributed by atoms with van der Waals surface area (Å²) in [6, 6.07) is 12.0. The average Bonchev–Trinajstić information content (AvgIpc) is 3.43. The Morgan fingerprint density at radius 2 is 2.07 bits per heavy atom. The number of ether oxygens (including phenoxy) is 1. The van der Waals surface area contributed by atoms with E-state index in [2.05, 4.69) is 51.7 Å². The van der Waals surface area contributed by atoms with E-state index in [9.17, 15) is 4.79 Å². The number of nitrogens with zero attached hydrogens (tertiary/aromatic N) is 3. The van der Waals surface area contributed by atoms with Gasteiger partial charge in [-0.15, -0.1) is 0 Å². The fourth-order valence-electron chi connectivity index (χ4n) is 3.88. The number of hydrogen-bond acceptors (Lipinski definition) is 3. The van der Waals surface area contributed by atoms with Crippen LogP contribution in [-0.4, -0.2) is 27.0 Å². The molecule has 0 aliphatic heterocycles. The van der Waals surface area contributed by atoms with Crippen molar-refractivity contribution in [2.45, 2.75) is 26.3 Å². The van der Waals surface area contributed by atoms with E-state index < -0.39 is 0 Å². The number of imidazole rings is 1. The molecule has 142 valence electrons. The number of aromatic nitrogens is 3. The van der Waals surface area contributed by atoms with Gasteiger partial charge in [0, 0.05) is 29.3 Å². The first-order valence-electron chi connectivity index (χ1n) is 9.42. The maximum absolute atomic E-state index is 11.9. The summed E-state index contributed by atoms with van der Waals surface area (Å²) in [6.45, 7) is 3.07. The van der Waals surface area contributed by atoms with Gasteiger partial charge in [0.05, 0.1) is 22.8 Å². The Morgan fingerprint density at radius 1 is 1.29 bits per heavy atom. The average molecular weight is 438 g/mol. The molecule has 0 radical (unpaired) electrons. The molecule has 0 bridgehead atoms. The van der Waals surface area contributed by atoms with E-state index in [1.54, 1.807) is 12.1 Å². The molecule has 5 nitrogen and oxygen atoms in total. The molecule has 1 aromatic carbocycles. The predicted octanol–water partition coefficient (Wildman–Crippen LogP) is 5.22. The van der Waals surface area contributed by atoms with Crippen molar-refractivity contribution in [2.75, 3.05) is 7.11 Å². The van der Waals surface area contributed by atoms with Crippen molar-refractivity contribution in [3.05, 3.63) is 58.3 Å². The van der Waals surface area contributed by atoms with Gasteiger partial charge >= 0.3 is 5.97 Å². The Labute approximate surface area is 171 Å². The number of esters is 1. The minimum absolute atomic E-state index is 0.353.